The van der Waals surface area contributed by atoms with Gasteiger partial charge in [-0.05, 0) is 13.3 Å². The number of hydrogen-bond donors (Lipinski definition) is 2. The summed E-state index contributed by atoms with van der Waals surface area (Å²) in [4.78, 5) is 8.18. The first kappa shape index (κ1) is 13.7. The van der Waals surface area contributed by atoms with Crippen molar-refractivity contribution in [3.8, 4) is 0 Å². The fourth-order valence-electron chi connectivity index (χ4n) is 1.80. The van der Waals surface area contributed by atoms with E-state index in [9.17, 15) is 0 Å². The predicted octanol–water partition coefficient (Wildman–Crippen LogP) is 3.14. The van der Waals surface area contributed by atoms with Gasteiger partial charge in [-0.2, -0.15) is 4.98 Å². The van der Waals surface area contributed by atoms with Gasteiger partial charge in [0.25, 0.3) is 0 Å². The summed E-state index contributed by atoms with van der Waals surface area (Å²) in [7, 11) is 0. The average Bonchev–Trinajstić information content (AvgIpc) is 2.26. The van der Waals surface area contributed by atoms with E-state index in [1.165, 1.54) is 38.5 Å². The van der Waals surface area contributed by atoms with Gasteiger partial charge in [-0.3, -0.25) is 0 Å². The second-order valence-electron chi connectivity index (χ2n) is 4.45. The van der Waals surface area contributed by atoms with E-state index in [1.54, 1.807) is 0 Å². The molecule has 0 radical (unpaired) electrons. The first-order valence-electron chi connectivity index (χ1n) is 6.57. The fraction of sp³-hybridized carbons (Fsp3) is 0.692. The van der Waals surface area contributed by atoms with E-state index in [0.717, 1.165) is 18.1 Å². The quantitative estimate of drug-likeness (QED) is 0.681. The second kappa shape index (κ2) is 7.87. The molecule has 1 heterocycles. The van der Waals surface area contributed by atoms with Crippen LogP contribution >= 0.6 is 0 Å². The van der Waals surface area contributed by atoms with Gasteiger partial charge in [-0.25, -0.2) is 4.98 Å². The van der Waals surface area contributed by atoms with E-state index in [1.807, 2.05) is 13.0 Å². The molecule has 0 atom stereocenters. The third kappa shape index (κ3) is 6.09. The molecule has 0 spiro atoms. The van der Waals surface area contributed by atoms with Gasteiger partial charge >= 0.3 is 0 Å². The van der Waals surface area contributed by atoms with Crippen molar-refractivity contribution in [3.63, 3.8) is 0 Å². The Kier molecular flexibility index (Phi) is 6.37. The van der Waals surface area contributed by atoms with Crippen LogP contribution < -0.4 is 11.1 Å². The highest BCUT2D eigenvalue weighted by molar-refractivity contribution is 5.39. The molecule has 0 aromatic carbocycles. The molecule has 4 nitrogen and oxygen atoms in total. The number of nitrogens with two attached hydrogens (primary N) is 1. The van der Waals surface area contributed by atoms with Crippen molar-refractivity contribution in [1.29, 1.82) is 0 Å². The van der Waals surface area contributed by atoms with Crippen molar-refractivity contribution in [1.82, 2.24) is 9.97 Å². The fourth-order valence-corrected chi connectivity index (χ4v) is 1.80. The number of hydrogen-bond acceptors (Lipinski definition) is 4. The van der Waals surface area contributed by atoms with E-state index >= 15 is 0 Å². The molecular formula is C13H24N4. The van der Waals surface area contributed by atoms with Crippen LogP contribution in [0.2, 0.25) is 0 Å². The van der Waals surface area contributed by atoms with Gasteiger partial charge in [-0.1, -0.05) is 39.0 Å². The number of nitrogens with zero attached hydrogens (tertiary/aromatic N) is 2. The molecule has 96 valence electrons. The Bertz CT molecular complexity index is 305. The first-order valence-corrected chi connectivity index (χ1v) is 6.57. The van der Waals surface area contributed by atoms with Crippen LogP contribution in [0, 0.1) is 6.92 Å². The van der Waals surface area contributed by atoms with Crippen LogP contribution in [0.15, 0.2) is 6.07 Å². The molecule has 0 aliphatic rings. The third-order valence-electron chi connectivity index (χ3n) is 2.71. The summed E-state index contributed by atoms with van der Waals surface area (Å²) in [6.45, 7) is 5.12. The first-order chi connectivity index (χ1) is 8.22. The standard InChI is InChI=1S/C13H24N4/c1-3-4-5-6-7-8-9-15-12-10-11(2)16-13(14)17-12/h10H,3-9H2,1-2H3,(H3,14,15,16,17). The minimum Gasteiger partial charge on any atom is -0.370 e. The van der Waals surface area contributed by atoms with Crippen molar-refractivity contribution >= 4 is 11.8 Å². The van der Waals surface area contributed by atoms with Crippen LogP contribution in [0.25, 0.3) is 0 Å². The summed E-state index contributed by atoms with van der Waals surface area (Å²) in [6, 6.07) is 1.92. The van der Waals surface area contributed by atoms with Gasteiger partial charge in [0.2, 0.25) is 5.95 Å². The number of unbranched alkanes of at least 4 members (excludes halogenated alkanes) is 5. The van der Waals surface area contributed by atoms with Gasteiger partial charge in [0.15, 0.2) is 0 Å². The Morgan fingerprint density at radius 3 is 2.53 bits per heavy atom. The molecule has 0 saturated heterocycles. The lowest BCUT2D eigenvalue weighted by Gasteiger charge is -2.06. The van der Waals surface area contributed by atoms with Crippen molar-refractivity contribution in [2.24, 2.45) is 0 Å². The van der Waals surface area contributed by atoms with Crippen molar-refractivity contribution in [2.45, 2.75) is 52.4 Å². The topological polar surface area (TPSA) is 63.8 Å². The molecule has 0 unspecified atom stereocenters. The Labute approximate surface area is 104 Å². The van der Waals surface area contributed by atoms with Crippen LogP contribution in [0.5, 0.6) is 0 Å². The molecule has 1 rings (SSSR count). The monoisotopic (exact) mass is 236 g/mol. The molecule has 0 aliphatic carbocycles. The molecule has 0 amide bonds. The number of aryl methyl sites for hydroxylation is 1. The minimum atomic E-state index is 0.343. The summed E-state index contributed by atoms with van der Waals surface area (Å²) in [5, 5.41) is 3.29. The van der Waals surface area contributed by atoms with Crippen LogP contribution in [0.4, 0.5) is 11.8 Å². The lowest BCUT2D eigenvalue weighted by atomic mass is 10.1. The summed E-state index contributed by atoms with van der Waals surface area (Å²) in [5.41, 5.74) is 6.49. The van der Waals surface area contributed by atoms with Gasteiger partial charge in [-0.15, -0.1) is 0 Å². The largest absolute Gasteiger partial charge is 0.370 e. The molecule has 3 N–H and O–H groups in total. The van der Waals surface area contributed by atoms with Crippen LogP contribution in [0.3, 0.4) is 0 Å². The maximum absolute atomic E-state index is 5.58. The van der Waals surface area contributed by atoms with Gasteiger partial charge in [0, 0.05) is 18.3 Å². The molecule has 0 bridgehead atoms. The molecular weight excluding hydrogens is 212 g/mol. The highest BCUT2D eigenvalue weighted by Crippen LogP contribution is 2.08. The summed E-state index contributed by atoms with van der Waals surface area (Å²) in [5.74, 6) is 1.18. The third-order valence-corrected chi connectivity index (χ3v) is 2.71. The number of aromatic nitrogens is 2. The summed E-state index contributed by atoms with van der Waals surface area (Å²) in [6.07, 6.45) is 7.82. The van der Waals surface area contributed by atoms with Gasteiger partial charge in [0.05, 0.1) is 0 Å². The molecule has 1 aromatic rings. The predicted molar refractivity (Wildman–Crippen MR) is 73.0 cm³/mol. The highest BCUT2D eigenvalue weighted by Gasteiger charge is 1.98. The van der Waals surface area contributed by atoms with Crippen molar-refractivity contribution < 1.29 is 0 Å². The second-order valence-corrected chi connectivity index (χ2v) is 4.45. The van der Waals surface area contributed by atoms with Gasteiger partial charge in [0.1, 0.15) is 5.82 Å². The molecule has 17 heavy (non-hydrogen) atoms. The maximum atomic E-state index is 5.58. The number of nitrogens with one attached hydrogen (secondary N) is 1. The lowest BCUT2D eigenvalue weighted by Crippen LogP contribution is -2.06. The summed E-state index contributed by atoms with van der Waals surface area (Å²) >= 11 is 0. The van der Waals surface area contributed by atoms with E-state index in [4.69, 9.17) is 5.73 Å². The Hall–Kier alpha value is -1.32. The molecule has 0 aliphatic heterocycles. The maximum Gasteiger partial charge on any atom is 0.222 e. The zero-order chi connectivity index (χ0) is 12.5. The van der Waals surface area contributed by atoms with Crippen LogP contribution in [-0.4, -0.2) is 16.5 Å². The molecule has 0 fully saturated rings. The smallest absolute Gasteiger partial charge is 0.222 e. The number of nitrogen functional groups attached to an aromatic ring is 1. The van der Waals surface area contributed by atoms with Crippen molar-refractivity contribution in [3.05, 3.63) is 11.8 Å². The average molecular weight is 236 g/mol. The molecule has 0 saturated carbocycles. The van der Waals surface area contributed by atoms with E-state index in [2.05, 4.69) is 22.2 Å². The highest BCUT2D eigenvalue weighted by atomic mass is 15.1. The zero-order valence-corrected chi connectivity index (χ0v) is 11.0. The minimum absolute atomic E-state index is 0.343. The number of anilines is 2. The Morgan fingerprint density at radius 2 is 1.82 bits per heavy atom. The molecule has 4 heteroatoms. The SMILES string of the molecule is CCCCCCCCNc1cc(C)nc(N)n1. The molecule has 1 aromatic heterocycles. The van der Waals surface area contributed by atoms with Gasteiger partial charge < -0.3 is 11.1 Å². The zero-order valence-electron chi connectivity index (χ0n) is 11.0. The Balaban J connectivity index is 2.13. The normalized spacial score (nSPS) is 10.5. The van der Waals surface area contributed by atoms with E-state index in [-0.39, 0.29) is 0 Å². The van der Waals surface area contributed by atoms with Crippen LogP contribution in [-0.2, 0) is 0 Å². The van der Waals surface area contributed by atoms with E-state index < -0.39 is 0 Å². The lowest BCUT2D eigenvalue weighted by molar-refractivity contribution is 0.617. The number of rotatable bonds is 8. The van der Waals surface area contributed by atoms with Crippen molar-refractivity contribution in [2.75, 3.05) is 17.6 Å². The Morgan fingerprint density at radius 1 is 1.12 bits per heavy atom. The van der Waals surface area contributed by atoms with Crippen LogP contribution in [0.1, 0.15) is 51.1 Å². The van der Waals surface area contributed by atoms with E-state index in [0.29, 0.717) is 5.95 Å². The summed E-state index contributed by atoms with van der Waals surface area (Å²) < 4.78 is 0.